The van der Waals surface area contributed by atoms with E-state index in [0.29, 0.717) is 11.7 Å². The number of rotatable bonds is 6. The van der Waals surface area contributed by atoms with Crippen LogP contribution in [-0.2, 0) is 24.1 Å². The molecule has 2 fully saturated rings. The molecule has 2 unspecified atom stereocenters. The number of amides is 1. The van der Waals surface area contributed by atoms with Crippen molar-refractivity contribution in [3.63, 3.8) is 0 Å². The Hall–Kier alpha value is -2.60. The molecule has 1 aromatic rings. The number of anilines is 1. The fraction of sp³-hybridized carbons (Fsp3) is 0.571. The van der Waals surface area contributed by atoms with Crippen LogP contribution in [0, 0.1) is 17.8 Å². The van der Waals surface area contributed by atoms with Gasteiger partial charge < -0.3 is 9.47 Å². The summed E-state index contributed by atoms with van der Waals surface area (Å²) in [6.45, 7) is 3.04. The quantitative estimate of drug-likeness (QED) is 0.500. The van der Waals surface area contributed by atoms with E-state index in [0.717, 1.165) is 24.7 Å². The van der Waals surface area contributed by atoms with Crippen molar-refractivity contribution in [2.24, 2.45) is 5.92 Å². The van der Waals surface area contributed by atoms with Crippen LogP contribution in [0.1, 0.15) is 45.1 Å². The lowest BCUT2D eigenvalue weighted by Crippen LogP contribution is -2.47. The van der Waals surface area contributed by atoms with Gasteiger partial charge in [-0.2, -0.15) is 0 Å². The van der Waals surface area contributed by atoms with Crippen LogP contribution in [0.5, 0.6) is 0 Å². The maximum absolute atomic E-state index is 12.3. The summed E-state index contributed by atoms with van der Waals surface area (Å²) in [6, 6.07) is 3.46. The number of aromatic nitrogens is 1. The molecule has 162 valence electrons. The molecule has 0 radical (unpaired) electrons. The Morgan fingerprint density at radius 3 is 2.67 bits per heavy atom. The highest BCUT2D eigenvalue weighted by Crippen LogP contribution is 2.30. The first-order chi connectivity index (χ1) is 14.1. The number of cyclic esters (lactones) is 1. The first kappa shape index (κ1) is 22.1. The molecular weight excluding hydrogens is 408 g/mol. The molecule has 0 spiro atoms. The van der Waals surface area contributed by atoms with E-state index in [-0.39, 0.29) is 19.6 Å². The summed E-state index contributed by atoms with van der Waals surface area (Å²) in [6.07, 6.45) is 4.45. The highest BCUT2D eigenvalue weighted by atomic mass is 32.2. The molecule has 30 heavy (non-hydrogen) atoms. The van der Waals surface area contributed by atoms with Gasteiger partial charge in [0.2, 0.25) is 0 Å². The van der Waals surface area contributed by atoms with Crippen molar-refractivity contribution in [2.45, 2.75) is 50.4 Å². The number of hydrogen-bond donors (Lipinski definition) is 0. The van der Waals surface area contributed by atoms with Crippen molar-refractivity contribution in [3.8, 4) is 11.8 Å². The van der Waals surface area contributed by atoms with Crippen LogP contribution in [0.15, 0.2) is 18.3 Å². The zero-order chi connectivity index (χ0) is 21.9. The molecule has 1 aliphatic heterocycles. The zero-order valence-electron chi connectivity index (χ0n) is 17.4. The predicted molar refractivity (Wildman–Crippen MR) is 111 cm³/mol. The van der Waals surface area contributed by atoms with Crippen molar-refractivity contribution in [1.82, 2.24) is 4.98 Å². The molecule has 0 bridgehead atoms. The van der Waals surface area contributed by atoms with E-state index in [2.05, 4.69) is 16.8 Å². The van der Waals surface area contributed by atoms with Crippen molar-refractivity contribution in [3.05, 3.63) is 23.9 Å². The molecule has 0 N–H and O–H groups in total. The van der Waals surface area contributed by atoms with E-state index in [1.165, 1.54) is 18.2 Å². The van der Waals surface area contributed by atoms with Crippen LogP contribution < -0.4 is 4.90 Å². The number of carbonyl (C=O) groups is 2. The Labute approximate surface area is 176 Å². The first-order valence-electron chi connectivity index (χ1n) is 9.96. The van der Waals surface area contributed by atoms with Gasteiger partial charge in [-0.15, -0.1) is 0 Å². The Bertz CT molecular complexity index is 975. The Morgan fingerprint density at radius 2 is 2.13 bits per heavy atom. The summed E-state index contributed by atoms with van der Waals surface area (Å²) >= 11 is 0. The fourth-order valence-electron chi connectivity index (χ4n) is 3.28. The van der Waals surface area contributed by atoms with E-state index < -0.39 is 32.8 Å². The minimum atomic E-state index is -3.80. The molecule has 2 heterocycles. The van der Waals surface area contributed by atoms with Crippen molar-refractivity contribution in [2.75, 3.05) is 24.3 Å². The maximum atomic E-state index is 12.3. The fourth-order valence-corrected chi connectivity index (χ4v) is 4.13. The number of hydrogen-bond acceptors (Lipinski definition) is 7. The zero-order valence-corrected chi connectivity index (χ0v) is 18.2. The Balaban J connectivity index is 1.70. The number of carbonyl (C=O) groups excluding carboxylic acids is 2. The molecule has 2 atom stereocenters. The number of ether oxygens (including phenoxy) is 2. The molecule has 1 aliphatic carbocycles. The lowest BCUT2D eigenvalue weighted by atomic mass is 9.86. The molecule has 1 amide bonds. The molecular formula is C21H26N2O6S. The average molecular weight is 435 g/mol. The smallest absolute Gasteiger partial charge is 0.415 e. The van der Waals surface area contributed by atoms with Crippen LogP contribution in [0.25, 0.3) is 0 Å². The van der Waals surface area contributed by atoms with Gasteiger partial charge in [0.1, 0.15) is 11.9 Å². The van der Waals surface area contributed by atoms with Gasteiger partial charge in [-0.25, -0.2) is 18.2 Å². The summed E-state index contributed by atoms with van der Waals surface area (Å²) in [5.74, 6) is 6.29. The van der Waals surface area contributed by atoms with E-state index in [1.54, 1.807) is 25.3 Å². The third kappa shape index (κ3) is 4.59. The Morgan fingerprint density at radius 1 is 1.40 bits per heavy atom. The number of pyridine rings is 1. The van der Waals surface area contributed by atoms with Gasteiger partial charge in [0.25, 0.3) is 0 Å². The molecule has 2 aliphatic rings. The SMILES string of the molecule is CCOC(=O)C(C)(CC1CN(c2ccc(C#CC3CCC3)cn2)C(=O)O1)S(C)(=O)=O. The van der Waals surface area contributed by atoms with Gasteiger partial charge in [0.15, 0.2) is 14.6 Å². The molecule has 1 saturated heterocycles. The average Bonchev–Trinajstić information content (AvgIpc) is 3.00. The van der Waals surface area contributed by atoms with E-state index in [1.807, 2.05) is 0 Å². The molecule has 1 aromatic heterocycles. The van der Waals surface area contributed by atoms with E-state index in [4.69, 9.17) is 9.47 Å². The summed E-state index contributed by atoms with van der Waals surface area (Å²) in [5, 5.41) is 0. The summed E-state index contributed by atoms with van der Waals surface area (Å²) in [7, 11) is -3.80. The molecule has 8 nitrogen and oxygen atoms in total. The van der Waals surface area contributed by atoms with Gasteiger partial charge in [0.05, 0.1) is 13.2 Å². The highest BCUT2D eigenvalue weighted by molar-refractivity contribution is 7.92. The predicted octanol–water partition coefficient (Wildman–Crippen LogP) is 2.31. The second-order valence-electron chi connectivity index (χ2n) is 7.85. The third-order valence-corrected chi connectivity index (χ3v) is 7.54. The van der Waals surface area contributed by atoms with Crippen molar-refractivity contribution >= 4 is 27.7 Å². The minimum absolute atomic E-state index is 0.0560. The highest BCUT2D eigenvalue weighted by Gasteiger charge is 2.49. The van der Waals surface area contributed by atoms with Gasteiger partial charge in [0, 0.05) is 30.4 Å². The van der Waals surface area contributed by atoms with Crippen LogP contribution in [0.2, 0.25) is 0 Å². The van der Waals surface area contributed by atoms with Gasteiger partial charge in [-0.1, -0.05) is 18.3 Å². The molecule has 0 aromatic carbocycles. The standard InChI is InChI=1S/C21H26N2O6S/c1-4-28-19(24)21(2,30(3,26)27)12-17-14-23(20(25)29-17)18-11-10-16(13-22-18)9-8-15-6-5-7-15/h10-11,13,15,17H,4-7,12,14H2,1-3H3. The van der Waals surface area contributed by atoms with Crippen LogP contribution >= 0.6 is 0 Å². The van der Waals surface area contributed by atoms with Crippen LogP contribution in [0.4, 0.5) is 10.6 Å². The second kappa shape index (κ2) is 8.64. The van der Waals surface area contributed by atoms with Crippen LogP contribution in [0.3, 0.4) is 0 Å². The summed E-state index contributed by atoms with van der Waals surface area (Å²) in [4.78, 5) is 30.3. The summed E-state index contributed by atoms with van der Waals surface area (Å²) < 4.78 is 33.0. The third-order valence-electron chi connectivity index (χ3n) is 5.57. The number of esters is 1. The van der Waals surface area contributed by atoms with Gasteiger partial charge in [-0.3, -0.25) is 9.69 Å². The number of nitrogens with zero attached hydrogens (tertiary/aromatic N) is 2. The lowest BCUT2D eigenvalue weighted by Gasteiger charge is -2.27. The molecule has 9 heteroatoms. The molecule has 3 rings (SSSR count). The van der Waals surface area contributed by atoms with Crippen molar-refractivity contribution in [1.29, 1.82) is 0 Å². The largest absolute Gasteiger partial charge is 0.465 e. The lowest BCUT2D eigenvalue weighted by molar-refractivity contribution is -0.146. The Kier molecular flexibility index (Phi) is 6.36. The van der Waals surface area contributed by atoms with Gasteiger partial charge in [-0.05, 0) is 38.8 Å². The minimum Gasteiger partial charge on any atom is -0.465 e. The first-order valence-corrected chi connectivity index (χ1v) is 11.9. The van der Waals surface area contributed by atoms with Crippen molar-refractivity contribution < 1.29 is 27.5 Å². The van der Waals surface area contributed by atoms with Gasteiger partial charge >= 0.3 is 12.1 Å². The van der Waals surface area contributed by atoms with Crippen LogP contribution in [-0.4, -0.2) is 55.7 Å². The topological polar surface area (TPSA) is 103 Å². The normalized spacial score (nSPS) is 21.1. The monoisotopic (exact) mass is 434 g/mol. The number of sulfone groups is 1. The summed E-state index contributed by atoms with van der Waals surface area (Å²) in [5.41, 5.74) is 0.765. The van der Waals surface area contributed by atoms with E-state index >= 15 is 0 Å². The maximum Gasteiger partial charge on any atom is 0.415 e. The van der Waals surface area contributed by atoms with E-state index in [9.17, 15) is 18.0 Å². The molecule has 1 saturated carbocycles. The second-order valence-corrected chi connectivity index (χ2v) is 10.3.